The Labute approximate surface area is 107 Å². The second kappa shape index (κ2) is 4.12. The zero-order chi connectivity index (χ0) is 12.7. The van der Waals surface area contributed by atoms with E-state index < -0.39 is 0 Å². The van der Waals surface area contributed by atoms with Crippen molar-refractivity contribution in [3.63, 3.8) is 0 Å². The number of fused-ring (bicyclic) bond motifs is 1. The summed E-state index contributed by atoms with van der Waals surface area (Å²) in [6.07, 6.45) is 4.44. The lowest BCUT2D eigenvalue weighted by Gasteiger charge is -2.16. The van der Waals surface area contributed by atoms with Crippen LogP contribution in [0.1, 0.15) is 18.5 Å². The molecule has 2 heterocycles. The summed E-state index contributed by atoms with van der Waals surface area (Å²) >= 11 is 0. The Bertz CT molecular complexity index is 593. The van der Waals surface area contributed by atoms with Crippen LogP contribution in [0.15, 0.2) is 24.4 Å². The summed E-state index contributed by atoms with van der Waals surface area (Å²) in [6.45, 7) is 0.992. The fourth-order valence-corrected chi connectivity index (χ4v) is 2.26. The van der Waals surface area contributed by atoms with Crippen molar-refractivity contribution in [2.75, 3.05) is 14.1 Å². The van der Waals surface area contributed by atoms with Gasteiger partial charge in [-0.05, 0) is 37.0 Å². The molecule has 0 radical (unpaired) electrons. The molecular formula is C14H18N4. The molecule has 1 N–H and O–H groups in total. The lowest BCUT2D eigenvalue weighted by atomic mass is 10.3. The molecule has 4 heteroatoms. The standard InChI is InChI=1S/C14H18N4/c1-17(2)13(15)12-8-11-4-3-7-16-14(11)18(12)9-10-5-6-10/h3-4,7-8,10,15H,5-6,9H2,1-2H3. The fourth-order valence-electron chi connectivity index (χ4n) is 2.26. The minimum atomic E-state index is 0.550. The average molecular weight is 242 g/mol. The molecular weight excluding hydrogens is 224 g/mol. The van der Waals surface area contributed by atoms with Crippen LogP contribution in [0.2, 0.25) is 0 Å². The summed E-state index contributed by atoms with van der Waals surface area (Å²) in [5.74, 6) is 1.32. The third-order valence-electron chi connectivity index (χ3n) is 3.48. The van der Waals surface area contributed by atoms with E-state index in [9.17, 15) is 0 Å². The maximum absolute atomic E-state index is 8.20. The number of rotatable bonds is 3. The first-order chi connectivity index (χ1) is 8.66. The predicted octanol–water partition coefficient (Wildman–Crippen LogP) is 2.33. The van der Waals surface area contributed by atoms with Crippen LogP contribution in [0.4, 0.5) is 0 Å². The molecule has 0 bridgehead atoms. The van der Waals surface area contributed by atoms with E-state index in [4.69, 9.17) is 5.41 Å². The minimum absolute atomic E-state index is 0.550. The van der Waals surface area contributed by atoms with Gasteiger partial charge in [0.2, 0.25) is 0 Å². The molecule has 0 unspecified atom stereocenters. The second-order valence-electron chi connectivity index (χ2n) is 5.24. The topological polar surface area (TPSA) is 44.9 Å². The van der Waals surface area contributed by atoms with E-state index in [2.05, 4.69) is 21.7 Å². The van der Waals surface area contributed by atoms with Crippen LogP contribution < -0.4 is 0 Å². The Morgan fingerprint density at radius 1 is 1.50 bits per heavy atom. The lowest BCUT2D eigenvalue weighted by Crippen LogP contribution is -2.25. The Morgan fingerprint density at radius 2 is 2.28 bits per heavy atom. The summed E-state index contributed by atoms with van der Waals surface area (Å²) in [5.41, 5.74) is 1.98. The van der Waals surface area contributed by atoms with E-state index in [1.54, 1.807) is 0 Å². The SMILES string of the molecule is CN(C)C(=N)c1cc2cccnc2n1CC1CC1. The molecule has 0 saturated heterocycles. The van der Waals surface area contributed by atoms with Crippen molar-refractivity contribution in [2.24, 2.45) is 5.92 Å². The zero-order valence-electron chi connectivity index (χ0n) is 10.8. The van der Waals surface area contributed by atoms with E-state index >= 15 is 0 Å². The Kier molecular flexibility index (Phi) is 2.58. The number of aromatic nitrogens is 2. The summed E-state index contributed by atoms with van der Waals surface area (Å²) in [7, 11) is 3.82. The molecule has 0 atom stereocenters. The summed E-state index contributed by atoms with van der Waals surface area (Å²) in [5, 5.41) is 9.32. The third-order valence-corrected chi connectivity index (χ3v) is 3.48. The van der Waals surface area contributed by atoms with Gasteiger partial charge in [-0.15, -0.1) is 0 Å². The molecule has 94 valence electrons. The van der Waals surface area contributed by atoms with E-state index in [1.807, 2.05) is 31.3 Å². The summed E-state index contributed by atoms with van der Waals surface area (Å²) in [6, 6.07) is 6.10. The third kappa shape index (κ3) is 1.88. The van der Waals surface area contributed by atoms with Gasteiger partial charge in [0.25, 0.3) is 0 Å². The molecule has 0 aromatic carbocycles. The molecule has 3 rings (SSSR count). The largest absolute Gasteiger partial charge is 0.361 e. The van der Waals surface area contributed by atoms with Gasteiger partial charge in [0.05, 0.1) is 5.69 Å². The predicted molar refractivity (Wildman–Crippen MR) is 73.0 cm³/mol. The smallest absolute Gasteiger partial charge is 0.144 e. The van der Waals surface area contributed by atoms with E-state index in [0.717, 1.165) is 29.2 Å². The first-order valence-electron chi connectivity index (χ1n) is 6.37. The first-order valence-corrected chi connectivity index (χ1v) is 6.37. The molecule has 4 nitrogen and oxygen atoms in total. The average Bonchev–Trinajstić information content (AvgIpc) is 3.10. The highest BCUT2D eigenvalue weighted by atomic mass is 15.2. The monoisotopic (exact) mass is 242 g/mol. The van der Waals surface area contributed by atoms with Crippen LogP contribution >= 0.6 is 0 Å². The Morgan fingerprint density at radius 3 is 2.94 bits per heavy atom. The van der Waals surface area contributed by atoms with Crippen LogP contribution in [0.25, 0.3) is 11.0 Å². The van der Waals surface area contributed by atoms with Gasteiger partial charge in [-0.3, -0.25) is 5.41 Å². The van der Waals surface area contributed by atoms with Gasteiger partial charge in [0.1, 0.15) is 11.5 Å². The van der Waals surface area contributed by atoms with Crippen molar-refractivity contribution in [1.29, 1.82) is 5.41 Å². The van der Waals surface area contributed by atoms with Gasteiger partial charge in [-0.2, -0.15) is 0 Å². The molecule has 1 saturated carbocycles. The molecule has 2 aromatic heterocycles. The first kappa shape index (κ1) is 11.3. The van der Waals surface area contributed by atoms with Gasteiger partial charge in [0, 0.05) is 32.2 Å². The van der Waals surface area contributed by atoms with Crippen molar-refractivity contribution < 1.29 is 0 Å². The number of pyridine rings is 1. The van der Waals surface area contributed by atoms with Crippen LogP contribution in [0, 0.1) is 11.3 Å². The molecule has 18 heavy (non-hydrogen) atoms. The van der Waals surface area contributed by atoms with Crippen molar-refractivity contribution >= 4 is 16.9 Å². The van der Waals surface area contributed by atoms with Crippen molar-refractivity contribution in [1.82, 2.24) is 14.5 Å². The lowest BCUT2D eigenvalue weighted by molar-refractivity contribution is 0.592. The van der Waals surface area contributed by atoms with Gasteiger partial charge >= 0.3 is 0 Å². The highest BCUT2D eigenvalue weighted by molar-refractivity contribution is 5.99. The minimum Gasteiger partial charge on any atom is -0.361 e. The maximum Gasteiger partial charge on any atom is 0.144 e. The van der Waals surface area contributed by atoms with Crippen LogP contribution in [0.5, 0.6) is 0 Å². The molecule has 0 spiro atoms. The van der Waals surface area contributed by atoms with Crippen LogP contribution in [0.3, 0.4) is 0 Å². The number of hydrogen-bond acceptors (Lipinski definition) is 2. The molecule has 1 fully saturated rings. The second-order valence-corrected chi connectivity index (χ2v) is 5.24. The van der Waals surface area contributed by atoms with Crippen molar-refractivity contribution in [3.05, 3.63) is 30.1 Å². The fraction of sp³-hybridized carbons (Fsp3) is 0.429. The Balaban J connectivity index is 2.12. The number of amidine groups is 1. The van der Waals surface area contributed by atoms with Gasteiger partial charge in [0.15, 0.2) is 0 Å². The molecule has 1 aliphatic rings. The zero-order valence-corrected chi connectivity index (χ0v) is 10.8. The van der Waals surface area contributed by atoms with E-state index in [0.29, 0.717) is 5.84 Å². The normalized spacial score (nSPS) is 15.0. The van der Waals surface area contributed by atoms with Gasteiger partial charge in [-0.1, -0.05) is 0 Å². The molecule has 0 aliphatic heterocycles. The molecule has 2 aromatic rings. The summed E-state index contributed by atoms with van der Waals surface area (Å²) in [4.78, 5) is 6.32. The van der Waals surface area contributed by atoms with Crippen LogP contribution in [-0.4, -0.2) is 34.4 Å². The van der Waals surface area contributed by atoms with Gasteiger partial charge in [-0.25, -0.2) is 4.98 Å². The van der Waals surface area contributed by atoms with E-state index in [-0.39, 0.29) is 0 Å². The molecule has 0 amide bonds. The Hall–Kier alpha value is -1.84. The number of nitrogens with zero attached hydrogens (tertiary/aromatic N) is 3. The van der Waals surface area contributed by atoms with E-state index in [1.165, 1.54) is 12.8 Å². The molecule has 1 aliphatic carbocycles. The number of hydrogen-bond donors (Lipinski definition) is 1. The van der Waals surface area contributed by atoms with Crippen LogP contribution in [-0.2, 0) is 6.54 Å². The van der Waals surface area contributed by atoms with Gasteiger partial charge < -0.3 is 9.47 Å². The highest BCUT2D eigenvalue weighted by Gasteiger charge is 2.25. The number of nitrogens with one attached hydrogen (secondary N) is 1. The highest BCUT2D eigenvalue weighted by Crippen LogP contribution is 2.32. The summed E-state index contributed by atoms with van der Waals surface area (Å²) < 4.78 is 2.20. The quantitative estimate of drug-likeness (QED) is 0.663. The van der Waals surface area contributed by atoms with Crippen molar-refractivity contribution in [3.8, 4) is 0 Å². The van der Waals surface area contributed by atoms with Crippen molar-refractivity contribution in [2.45, 2.75) is 19.4 Å². The maximum atomic E-state index is 8.20.